The van der Waals surface area contributed by atoms with Crippen molar-refractivity contribution in [2.75, 3.05) is 5.43 Å². The first-order valence-corrected chi connectivity index (χ1v) is 4.86. The molecule has 1 atom stereocenters. The monoisotopic (exact) mass is 249 g/mol. The van der Waals surface area contributed by atoms with Crippen molar-refractivity contribution in [2.24, 2.45) is 0 Å². The lowest BCUT2D eigenvalue weighted by Crippen LogP contribution is -2.11. The third-order valence-electron chi connectivity index (χ3n) is 1.34. The van der Waals surface area contributed by atoms with Crippen LogP contribution in [0.4, 0.5) is 0 Å². The van der Waals surface area contributed by atoms with E-state index in [-0.39, 0.29) is 9.98 Å². The van der Waals surface area contributed by atoms with Crippen molar-refractivity contribution >= 4 is 33.7 Å². The number of fused-ring (bicyclic) bond motifs is 1. The molecule has 0 bridgehead atoms. The summed E-state index contributed by atoms with van der Waals surface area (Å²) in [6.45, 7) is 0. The van der Waals surface area contributed by atoms with Gasteiger partial charge < -0.3 is 5.11 Å². The van der Waals surface area contributed by atoms with Gasteiger partial charge in [-0.2, -0.15) is 0 Å². The zero-order chi connectivity index (χ0) is 8.72. The van der Waals surface area contributed by atoms with Crippen LogP contribution in [0.25, 0.3) is 0 Å². The summed E-state index contributed by atoms with van der Waals surface area (Å²) in [5.41, 5.74) is 3.00. The maximum absolute atomic E-state index is 10.5. The van der Waals surface area contributed by atoms with Crippen LogP contribution in [0, 0.1) is 0 Å². The van der Waals surface area contributed by atoms with Crippen LogP contribution in [0.15, 0.2) is 11.4 Å². The maximum atomic E-state index is 10.5. The normalized spacial score (nSPS) is 20.2. The molecule has 0 radical (unpaired) electrons. The summed E-state index contributed by atoms with van der Waals surface area (Å²) in [7, 11) is 0. The Bertz CT molecular complexity index is 316. The van der Waals surface area contributed by atoms with Crippen molar-refractivity contribution in [1.82, 2.24) is 9.66 Å². The number of aromatic carboxylic acids is 1. The molecule has 0 aromatic carbocycles. The summed E-state index contributed by atoms with van der Waals surface area (Å²) in [5.74, 6) is -1.01. The SMILES string of the molecule is O=C(O)c1cn2c(n1)SC(Br)N2. The molecule has 2 N–H and O–H groups in total. The Kier molecular flexibility index (Phi) is 1.76. The highest BCUT2D eigenvalue weighted by Crippen LogP contribution is 2.30. The van der Waals surface area contributed by atoms with E-state index in [1.807, 2.05) is 0 Å². The fraction of sp³-hybridized carbons (Fsp3) is 0.200. The number of carbonyl (C=O) groups is 1. The van der Waals surface area contributed by atoms with Gasteiger partial charge in [0.2, 0.25) is 0 Å². The molecule has 1 unspecified atom stereocenters. The zero-order valence-electron chi connectivity index (χ0n) is 5.69. The number of carboxylic acid groups (broad SMARTS) is 1. The third kappa shape index (κ3) is 1.18. The van der Waals surface area contributed by atoms with Crippen LogP contribution in [0.2, 0.25) is 0 Å². The van der Waals surface area contributed by atoms with Crippen molar-refractivity contribution < 1.29 is 9.90 Å². The highest BCUT2D eigenvalue weighted by Gasteiger charge is 2.22. The van der Waals surface area contributed by atoms with Gasteiger partial charge in [-0.1, -0.05) is 15.9 Å². The molecule has 0 spiro atoms. The molecule has 1 aromatic rings. The maximum Gasteiger partial charge on any atom is 0.356 e. The Morgan fingerprint density at radius 2 is 2.67 bits per heavy atom. The largest absolute Gasteiger partial charge is 0.476 e. The smallest absolute Gasteiger partial charge is 0.356 e. The van der Waals surface area contributed by atoms with Crippen LogP contribution < -0.4 is 5.43 Å². The van der Waals surface area contributed by atoms with E-state index in [1.165, 1.54) is 18.0 Å². The number of rotatable bonds is 1. The highest BCUT2D eigenvalue weighted by atomic mass is 79.9. The number of halogens is 1. The van der Waals surface area contributed by atoms with Gasteiger partial charge in [0.15, 0.2) is 10.9 Å². The van der Waals surface area contributed by atoms with Crippen LogP contribution in [0.3, 0.4) is 0 Å². The molecule has 1 aromatic heterocycles. The highest BCUT2D eigenvalue weighted by molar-refractivity contribution is 9.11. The third-order valence-corrected chi connectivity index (χ3v) is 2.92. The summed E-state index contributed by atoms with van der Waals surface area (Å²) in [4.78, 5) is 14.3. The fourth-order valence-corrected chi connectivity index (χ4v) is 2.31. The van der Waals surface area contributed by atoms with Gasteiger partial charge in [0.25, 0.3) is 0 Å². The van der Waals surface area contributed by atoms with E-state index >= 15 is 0 Å². The van der Waals surface area contributed by atoms with Gasteiger partial charge in [-0.05, 0) is 11.8 Å². The summed E-state index contributed by atoms with van der Waals surface area (Å²) in [5, 5.41) is 9.24. The van der Waals surface area contributed by atoms with E-state index in [0.29, 0.717) is 5.16 Å². The lowest BCUT2D eigenvalue weighted by molar-refractivity contribution is 0.0690. The van der Waals surface area contributed by atoms with E-state index in [1.54, 1.807) is 4.68 Å². The Morgan fingerprint density at radius 1 is 1.92 bits per heavy atom. The van der Waals surface area contributed by atoms with E-state index in [2.05, 4.69) is 26.3 Å². The van der Waals surface area contributed by atoms with Gasteiger partial charge in [-0.25, -0.2) is 14.5 Å². The second-order valence-electron chi connectivity index (χ2n) is 2.15. The molecule has 0 fully saturated rings. The van der Waals surface area contributed by atoms with Gasteiger partial charge in [0, 0.05) is 0 Å². The number of nitrogens with zero attached hydrogens (tertiary/aromatic N) is 2. The summed E-state index contributed by atoms with van der Waals surface area (Å²) >= 11 is 4.73. The quantitative estimate of drug-likeness (QED) is 0.572. The van der Waals surface area contributed by atoms with Gasteiger partial charge in [-0.3, -0.25) is 5.43 Å². The Morgan fingerprint density at radius 3 is 3.25 bits per heavy atom. The molecule has 0 aliphatic carbocycles. The standard InChI is InChI=1S/C5H4BrN3O2S/c6-4-8-9-1-2(3(10)11)7-5(9)12-4/h1,4,8H,(H,10,11). The Balaban J connectivity index is 2.34. The molecule has 1 aliphatic heterocycles. The first-order chi connectivity index (χ1) is 5.66. The van der Waals surface area contributed by atoms with Crippen molar-refractivity contribution in [3.8, 4) is 0 Å². The molecule has 2 rings (SSSR count). The van der Waals surface area contributed by atoms with Gasteiger partial charge in [-0.15, -0.1) is 0 Å². The molecular weight excluding hydrogens is 246 g/mol. The number of nitrogens with one attached hydrogen (secondary N) is 1. The van der Waals surface area contributed by atoms with Gasteiger partial charge in [0.05, 0.1) is 6.20 Å². The van der Waals surface area contributed by atoms with Crippen LogP contribution >= 0.6 is 27.7 Å². The number of aromatic nitrogens is 2. The molecular formula is C5H4BrN3O2S. The average Bonchev–Trinajstić information content (AvgIpc) is 2.42. The van der Waals surface area contributed by atoms with E-state index in [4.69, 9.17) is 5.11 Å². The number of alkyl halides is 1. The zero-order valence-corrected chi connectivity index (χ0v) is 8.09. The van der Waals surface area contributed by atoms with Gasteiger partial charge in [0.1, 0.15) is 4.28 Å². The summed E-state index contributed by atoms with van der Waals surface area (Å²) < 4.78 is 1.66. The van der Waals surface area contributed by atoms with Gasteiger partial charge >= 0.3 is 5.97 Å². The lowest BCUT2D eigenvalue weighted by atomic mass is 10.5. The number of hydrogen-bond donors (Lipinski definition) is 2. The number of imidazole rings is 1. The van der Waals surface area contributed by atoms with Crippen LogP contribution in [-0.4, -0.2) is 25.0 Å². The molecule has 0 saturated carbocycles. The molecule has 1 aliphatic rings. The predicted octanol–water partition coefficient (Wildman–Crippen LogP) is 0.909. The molecule has 2 heterocycles. The number of carboxylic acids is 1. The van der Waals surface area contributed by atoms with Crippen molar-refractivity contribution in [1.29, 1.82) is 0 Å². The molecule has 12 heavy (non-hydrogen) atoms. The van der Waals surface area contributed by atoms with Crippen molar-refractivity contribution in [3.63, 3.8) is 0 Å². The average molecular weight is 250 g/mol. The van der Waals surface area contributed by atoms with Crippen molar-refractivity contribution in [3.05, 3.63) is 11.9 Å². The topological polar surface area (TPSA) is 67.1 Å². The second kappa shape index (κ2) is 2.67. The van der Waals surface area contributed by atoms with Crippen LogP contribution in [0.5, 0.6) is 0 Å². The molecule has 0 amide bonds. The summed E-state index contributed by atoms with van der Waals surface area (Å²) in [6.07, 6.45) is 1.45. The molecule has 0 saturated heterocycles. The number of thioether (sulfide) groups is 1. The second-order valence-corrected chi connectivity index (χ2v) is 4.74. The lowest BCUT2D eigenvalue weighted by Gasteiger charge is -1.99. The fourth-order valence-electron chi connectivity index (χ4n) is 0.870. The van der Waals surface area contributed by atoms with E-state index in [0.717, 1.165) is 0 Å². The first kappa shape index (κ1) is 7.93. The minimum absolute atomic E-state index is 0.0596. The molecule has 64 valence electrons. The minimum atomic E-state index is -1.01. The summed E-state index contributed by atoms with van der Waals surface area (Å²) in [6, 6.07) is 0. The predicted molar refractivity (Wildman–Crippen MR) is 47.1 cm³/mol. The molecule has 7 heteroatoms. The van der Waals surface area contributed by atoms with E-state index < -0.39 is 5.97 Å². The first-order valence-electron chi connectivity index (χ1n) is 3.07. The van der Waals surface area contributed by atoms with Crippen molar-refractivity contribution in [2.45, 2.75) is 9.44 Å². The van der Waals surface area contributed by atoms with Crippen LogP contribution in [0.1, 0.15) is 10.5 Å². The minimum Gasteiger partial charge on any atom is -0.476 e. The van der Waals surface area contributed by atoms with E-state index in [9.17, 15) is 4.79 Å². The Labute approximate surface area is 80.3 Å². The Hall–Kier alpha value is -0.690. The number of hydrogen-bond acceptors (Lipinski definition) is 4. The van der Waals surface area contributed by atoms with Crippen LogP contribution in [-0.2, 0) is 0 Å². The molecule has 5 nitrogen and oxygen atoms in total.